The Bertz CT molecular complexity index is 594. The van der Waals surface area contributed by atoms with E-state index in [2.05, 4.69) is 15.5 Å². The van der Waals surface area contributed by atoms with Crippen LogP contribution in [0, 0.1) is 11.3 Å². The van der Waals surface area contributed by atoms with Gasteiger partial charge in [0, 0.05) is 18.4 Å². The predicted octanol–water partition coefficient (Wildman–Crippen LogP) is 2.88. The van der Waals surface area contributed by atoms with Crippen molar-refractivity contribution < 1.29 is 4.79 Å². The second-order valence-electron chi connectivity index (χ2n) is 4.86. The van der Waals surface area contributed by atoms with Crippen LogP contribution < -0.4 is 10.6 Å². The molecular formula is C15H18Cl2N4O. The van der Waals surface area contributed by atoms with E-state index in [9.17, 15) is 4.79 Å². The molecule has 0 radical (unpaired) electrons. The first-order chi connectivity index (χ1) is 10.4. The number of halogens is 2. The number of hydrogen-bond acceptors (Lipinski definition) is 4. The molecular weight excluding hydrogens is 323 g/mol. The molecule has 1 aromatic rings. The smallest absolute Gasteiger partial charge is 0.267 e. The van der Waals surface area contributed by atoms with Gasteiger partial charge in [0.05, 0.1) is 10.0 Å². The number of hydrogen-bond donors (Lipinski definition) is 2. The van der Waals surface area contributed by atoms with Crippen molar-refractivity contribution in [2.45, 2.75) is 6.42 Å². The third kappa shape index (κ3) is 6.35. The Hall–Kier alpha value is -1.74. The van der Waals surface area contributed by atoms with Crippen LogP contribution in [-0.4, -0.2) is 38.0 Å². The highest BCUT2D eigenvalue weighted by Gasteiger charge is 2.10. The topological polar surface area (TPSA) is 68.2 Å². The van der Waals surface area contributed by atoms with Crippen molar-refractivity contribution in [2.75, 3.05) is 32.5 Å². The van der Waals surface area contributed by atoms with Crippen molar-refractivity contribution in [3.8, 4) is 6.07 Å². The van der Waals surface area contributed by atoms with Crippen LogP contribution in [0.15, 0.2) is 30.0 Å². The SMILES string of the molecule is CN(C)CCCN/C=C(/C#N)C(=O)Nc1ccc(Cl)c(Cl)c1. The zero-order valence-corrected chi connectivity index (χ0v) is 14.0. The van der Waals surface area contributed by atoms with Crippen LogP contribution in [0.5, 0.6) is 0 Å². The van der Waals surface area contributed by atoms with Crippen molar-refractivity contribution in [3.63, 3.8) is 0 Å². The highest BCUT2D eigenvalue weighted by atomic mass is 35.5. The largest absolute Gasteiger partial charge is 0.390 e. The summed E-state index contributed by atoms with van der Waals surface area (Å²) in [7, 11) is 3.97. The summed E-state index contributed by atoms with van der Waals surface area (Å²) in [5.74, 6) is -0.499. The molecule has 0 spiro atoms. The van der Waals surface area contributed by atoms with Crippen molar-refractivity contribution in [1.82, 2.24) is 10.2 Å². The maximum Gasteiger partial charge on any atom is 0.267 e. The van der Waals surface area contributed by atoms with Crippen molar-refractivity contribution in [2.24, 2.45) is 0 Å². The normalized spacial score (nSPS) is 11.2. The maximum atomic E-state index is 12.0. The van der Waals surface area contributed by atoms with Crippen LogP contribution >= 0.6 is 23.2 Å². The Kier molecular flexibility index (Phi) is 7.75. The van der Waals surface area contributed by atoms with Gasteiger partial charge in [-0.15, -0.1) is 0 Å². The molecule has 22 heavy (non-hydrogen) atoms. The number of nitrogens with zero attached hydrogens (tertiary/aromatic N) is 2. The highest BCUT2D eigenvalue weighted by Crippen LogP contribution is 2.25. The molecule has 1 rings (SSSR count). The lowest BCUT2D eigenvalue weighted by Crippen LogP contribution is -2.20. The fourth-order valence-electron chi connectivity index (χ4n) is 1.59. The predicted molar refractivity (Wildman–Crippen MR) is 90.0 cm³/mol. The first-order valence-corrected chi connectivity index (χ1v) is 7.44. The lowest BCUT2D eigenvalue weighted by Gasteiger charge is -2.09. The maximum absolute atomic E-state index is 12.0. The fourth-order valence-corrected chi connectivity index (χ4v) is 1.89. The minimum atomic E-state index is -0.499. The number of anilines is 1. The molecule has 0 fully saturated rings. The number of nitriles is 1. The van der Waals surface area contributed by atoms with E-state index in [0.29, 0.717) is 22.3 Å². The first-order valence-electron chi connectivity index (χ1n) is 6.69. The number of nitrogens with one attached hydrogen (secondary N) is 2. The Morgan fingerprint density at radius 3 is 2.68 bits per heavy atom. The summed E-state index contributed by atoms with van der Waals surface area (Å²) in [6, 6.07) is 6.59. The van der Waals surface area contributed by atoms with Gasteiger partial charge >= 0.3 is 0 Å². The number of benzene rings is 1. The van der Waals surface area contributed by atoms with Crippen LogP contribution in [0.4, 0.5) is 5.69 Å². The molecule has 0 saturated carbocycles. The molecule has 7 heteroatoms. The van der Waals surface area contributed by atoms with Gasteiger partial charge in [-0.05, 0) is 45.3 Å². The van der Waals surface area contributed by atoms with Crippen LogP contribution in [0.1, 0.15) is 6.42 Å². The molecule has 0 heterocycles. The first kappa shape index (κ1) is 18.3. The number of rotatable bonds is 7. The molecule has 0 unspecified atom stereocenters. The molecule has 118 valence electrons. The number of carbonyl (C=O) groups excluding carboxylic acids is 1. The van der Waals surface area contributed by atoms with Gasteiger partial charge in [0.25, 0.3) is 5.91 Å². The van der Waals surface area contributed by atoms with E-state index in [1.807, 2.05) is 20.2 Å². The lowest BCUT2D eigenvalue weighted by molar-refractivity contribution is -0.112. The monoisotopic (exact) mass is 340 g/mol. The van der Waals surface area contributed by atoms with E-state index < -0.39 is 5.91 Å². The molecule has 0 aromatic heterocycles. The highest BCUT2D eigenvalue weighted by molar-refractivity contribution is 6.42. The molecule has 1 aromatic carbocycles. The molecule has 0 atom stereocenters. The zero-order valence-electron chi connectivity index (χ0n) is 12.5. The Labute approximate surface area is 140 Å². The standard InChI is InChI=1S/C15H18Cl2N4O/c1-21(2)7-3-6-19-10-11(9-18)15(22)20-12-4-5-13(16)14(17)8-12/h4-5,8,10,19H,3,6-7H2,1-2H3,(H,20,22)/b11-10-. The van der Waals surface area contributed by atoms with E-state index in [1.54, 1.807) is 12.1 Å². The van der Waals surface area contributed by atoms with Gasteiger partial charge in [-0.2, -0.15) is 5.26 Å². The fraction of sp³-hybridized carbons (Fsp3) is 0.333. The summed E-state index contributed by atoms with van der Waals surface area (Å²) in [5.41, 5.74) is 0.476. The second-order valence-corrected chi connectivity index (χ2v) is 5.68. The quantitative estimate of drug-likeness (QED) is 0.455. The molecule has 1 amide bonds. The summed E-state index contributed by atoms with van der Waals surface area (Å²) in [4.78, 5) is 14.0. The summed E-state index contributed by atoms with van der Waals surface area (Å²) >= 11 is 11.7. The number of amides is 1. The third-order valence-electron chi connectivity index (χ3n) is 2.72. The molecule has 0 aliphatic heterocycles. The van der Waals surface area contributed by atoms with Gasteiger partial charge < -0.3 is 15.5 Å². The van der Waals surface area contributed by atoms with E-state index in [4.69, 9.17) is 28.5 Å². The van der Waals surface area contributed by atoms with Crippen molar-refractivity contribution in [3.05, 3.63) is 40.0 Å². The van der Waals surface area contributed by atoms with Gasteiger partial charge in [0.2, 0.25) is 0 Å². The van der Waals surface area contributed by atoms with Crippen LogP contribution in [0.3, 0.4) is 0 Å². The zero-order chi connectivity index (χ0) is 16.5. The lowest BCUT2D eigenvalue weighted by atomic mass is 10.2. The van der Waals surface area contributed by atoms with E-state index in [1.165, 1.54) is 12.3 Å². The van der Waals surface area contributed by atoms with Gasteiger partial charge in [-0.3, -0.25) is 4.79 Å². The van der Waals surface area contributed by atoms with Gasteiger partial charge in [0.1, 0.15) is 11.6 Å². The van der Waals surface area contributed by atoms with Gasteiger partial charge in [0.15, 0.2) is 0 Å². The van der Waals surface area contributed by atoms with Gasteiger partial charge in [-0.25, -0.2) is 0 Å². The van der Waals surface area contributed by atoms with Crippen LogP contribution in [0.2, 0.25) is 10.0 Å². The van der Waals surface area contributed by atoms with Crippen LogP contribution in [0.25, 0.3) is 0 Å². The number of carbonyl (C=O) groups is 1. The molecule has 0 bridgehead atoms. The van der Waals surface area contributed by atoms with E-state index >= 15 is 0 Å². The Morgan fingerprint density at radius 1 is 1.36 bits per heavy atom. The van der Waals surface area contributed by atoms with E-state index in [-0.39, 0.29) is 5.57 Å². The van der Waals surface area contributed by atoms with Crippen LogP contribution in [-0.2, 0) is 4.79 Å². The Balaban J connectivity index is 2.57. The summed E-state index contributed by atoms with van der Waals surface area (Å²) in [6.07, 6.45) is 2.33. The average molecular weight is 341 g/mol. The summed E-state index contributed by atoms with van der Waals surface area (Å²) in [5, 5.41) is 15.3. The van der Waals surface area contributed by atoms with E-state index in [0.717, 1.165) is 13.0 Å². The van der Waals surface area contributed by atoms with Crippen molar-refractivity contribution in [1.29, 1.82) is 5.26 Å². The second kappa shape index (κ2) is 9.31. The molecule has 0 saturated heterocycles. The Morgan fingerprint density at radius 2 is 2.09 bits per heavy atom. The third-order valence-corrected chi connectivity index (χ3v) is 3.45. The minimum Gasteiger partial charge on any atom is -0.390 e. The molecule has 2 N–H and O–H groups in total. The molecule has 0 aliphatic carbocycles. The summed E-state index contributed by atoms with van der Waals surface area (Å²) in [6.45, 7) is 1.61. The minimum absolute atomic E-state index is 0.00377. The molecule has 0 aliphatic rings. The van der Waals surface area contributed by atoms with Crippen molar-refractivity contribution >= 4 is 34.8 Å². The van der Waals surface area contributed by atoms with Gasteiger partial charge in [-0.1, -0.05) is 23.2 Å². The summed E-state index contributed by atoms with van der Waals surface area (Å²) < 4.78 is 0. The molecule has 5 nitrogen and oxygen atoms in total. The average Bonchev–Trinajstić information content (AvgIpc) is 2.46.